The number of benzene rings is 2. The first-order chi connectivity index (χ1) is 17.5. The molecule has 2 aromatic carbocycles. The highest BCUT2D eigenvalue weighted by atomic mass is 19.1. The van der Waals surface area contributed by atoms with Crippen molar-refractivity contribution in [2.24, 2.45) is 23.5 Å². The lowest BCUT2D eigenvalue weighted by Crippen LogP contribution is -2.54. The Balaban J connectivity index is 1.92. The van der Waals surface area contributed by atoms with Gasteiger partial charge in [0.15, 0.2) is 5.78 Å². The summed E-state index contributed by atoms with van der Waals surface area (Å²) in [5, 5.41) is 16.0. The summed E-state index contributed by atoms with van der Waals surface area (Å²) >= 11 is 0. The van der Waals surface area contributed by atoms with Gasteiger partial charge in [0.1, 0.15) is 17.6 Å². The fourth-order valence-electron chi connectivity index (χ4n) is 4.83. The van der Waals surface area contributed by atoms with Gasteiger partial charge in [-0.25, -0.2) is 8.78 Å². The van der Waals surface area contributed by atoms with Crippen molar-refractivity contribution < 1.29 is 28.3 Å². The third kappa shape index (κ3) is 6.87. The van der Waals surface area contributed by atoms with E-state index in [1.54, 1.807) is 6.92 Å². The minimum Gasteiger partial charge on any atom is -0.481 e. The van der Waals surface area contributed by atoms with Gasteiger partial charge < -0.3 is 21.5 Å². The van der Waals surface area contributed by atoms with Crippen molar-refractivity contribution in [2.45, 2.75) is 46.2 Å². The maximum atomic E-state index is 13.8. The van der Waals surface area contributed by atoms with Crippen molar-refractivity contribution in [3.8, 4) is 0 Å². The Morgan fingerprint density at radius 1 is 1.08 bits per heavy atom. The predicted octanol–water partition coefficient (Wildman–Crippen LogP) is 3.11. The Kier molecular flexibility index (Phi) is 9.29. The topological polar surface area (TPSA) is 122 Å². The van der Waals surface area contributed by atoms with E-state index >= 15 is 0 Å². The molecule has 0 aromatic heterocycles. The number of allylic oxidation sites excluding steroid dienone is 2. The molecule has 9 heteroatoms. The number of carbonyl (C=O) groups excluding carboxylic acids is 2. The van der Waals surface area contributed by atoms with Gasteiger partial charge in [-0.3, -0.25) is 14.4 Å². The zero-order valence-electron chi connectivity index (χ0n) is 21.2. The van der Waals surface area contributed by atoms with Crippen LogP contribution in [0.3, 0.4) is 0 Å². The highest BCUT2D eigenvalue weighted by Crippen LogP contribution is 2.31. The lowest BCUT2D eigenvalue weighted by molar-refractivity contribution is -0.153. The molecule has 198 valence electrons. The van der Waals surface area contributed by atoms with E-state index < -0.39 is 53.1 Å². The van der Waals surface area contributed by atoms with E-state index in [9.17, 15) is 28.3 Å². The van der Waals surface area contributed by atoms with E-state index in [2.05, 4.69) is 10.6 Å². The van der Waals surface area contributed by atoms with Crippen LogP contribution in [-0.2, 0) is 33.8 Å². The molecule has 3 rings (SSSR count). The minimum absolute atomic E-state index is 0.0491. The fourth-order valence-corrected chi connectivity index (χ4v) is 4.83. The third-order valence-electron chi connectivity index (χ3n) is 6.97. The number of carbonyl (C=O) groups is 3. The monoisotopic (exact) mass is 513 g/mol. The number of nitrogens with two attached hydrogens (primary N) is 1. The molecule has 4 atom stereocenters. The maximum absolute atomic E-state index is 13.8. The molecule has 0 radical (unpaired) electrons. The number of ketones is 1. The van der Waals surface area contributed by atoms with Gasteiger partial charge in [-0.05, 0) is 55.5 Å². The molecule has 5 N–H and O–H groups in total. The van der Waals surface area contributed by atoms with Gasteiger partial charge in [0.05, 0.1) is 5.92 Å². The first-order valence-corrected chi connectivity index (χ1v) is 12.3. The van der Waals surface area contributed by atoms with Gasteiger partial charge in [0.25, 0.3) is 0 Å². The van der Waals surface area contributed by atoms with Crippen LogP contribution in [0.5, 0.6) is 0 Å². The van der Waals surface area contributed by atoms with Crippen LogP contribution >= 0.6 is 0 Å². The molecular weight excluding hydrogens is 480 g/mol. The minimum atomic E-state index is -1.48. The molecule has 37 heavy (non-hydrogen) atoms. The lowest BCUT2D eigenvalue weighted by Gasteiger charge is -2.35. The first-order valence-electron chi connectivity index (χ1n) is 12.3. The van der Waals surface area contributed by atoms with Gasteiger partial charge in [-0.15, -0.1) is 0 Å². The summed E-state index contributed by atoms with van der Waals surface area (Å²) in [5.74, 6) is -8.03. The van der Waals surface area contributed by atoms with Crippen LogP contribution in [0, 0.1) is 29.4 Å². The van der Waals surface area contributed by atoms with Crippen molar-refractivity contribution in [1.82, 2.24) is 10.6 Å². The van der Waals surface area contributed by atoms with Crippen LogP contribution in [0.1, 0.15) is 37.5 Å². The zero-order chi connectivity index (χ0) is 27.3. The number of amides is 1. The number of hydrogen-bond acceptors (Lipinski definition) is 5. The second-order valence-electron chi connectivity index (χ2n) is 9.56. The number of hydrogen-bond donors (Lipinski definition) is 4. The number of nitrogens with one attached hydrogen (secondary N) is 2. The standard InChI is InChI=1S/C28H33F2N3O4/c1-4-17-6-5-7-18(8-17)13-32-14-22(23(31)11-19-9-20(29)12-21(30)10-19)24(28(36)37)25-26(34)15(2)16(3)33-27(25)35/h5-10,12,22-25,32H,4,11,13-14,31H2,1-3H3,(H,33,35)(H,36,37)/t22-,23?,24+,25?/m1/s1. The van der Waals surface area contributed by atoms with Gasteiger partial charge in [-0.1, -0.05) is 31.2 Å². The average molecular weight is 514 g/mol. The van der Waals surface area contributed by atoms with Gasteiger partial charge >= 0.3 is 5.97 Å². The number of halogens is 2. The molecule has 0 saturated carbocycles. The molecule has 0 saturated heterocycles. The molecule has 2 aromatic rings. The predicted molar refractivity (Wildman–Crippen MR) is 135 cm³/mol. The van der Waals surface area contributed by atoms with E-state index in [-0.39, 0.29) is 24.1 Å². The molecular formula is C28H33F2N3O4. The number of aryl methyl sites for hydroxylation is 1. The van der Waals surface area contributed by atoms with Crippen LogP contribution in [-0.4, -0.2) is 35.4 Å². The van der Waals surface area contributed by atoms with Crippen molar-refractivity contribution in [1.29, 1.82) is 0 Å². The third-order valence-corrected chi connectivity index (χ3v) is 6.97. The highest BCUT2D eigenvalue weighted by Gasteiger charge is 2.47. The van der Waals surface area contributed by atoms with Crippen LogP contribution in [0.4, 0.5) is 8.78 Å². The van der Waals surface area contributed by atoms with E-state index in [0.717, 1.165) is 35.7 Å². The van der Waals surface area contributed by atoms with Crippen LogP contribution in [0.2, 0.25) is 0 Å². The van der Waals surface area contributed by atoms with Crippen LogP contribution < -0.4 is 16.4 Å². The number of aliphatic carboxylic acids is 1. The summed E-state index contributed by atoms with van der Waals surface area (Å²) in [6, 6.07) is 9.97. The molecule has 2 unspecified atom stereocenters. The number of carboxylic acid groups (broad SMARTS) is 1. The van der Waals surface area contributed by atoms with Gasteiger partial charge in [0, 0.05) is 42.4 Å². The Hall–Kier alpha value is -3.43. The number of carboxylic acids is 1. The largest absolute Gasteiger partial charge is 0.481 e. The maximum Gasteiger partial charge on any atom is 0.308 e. The normalized spacial score (nSPS) is 18.4. The number of Topliss-reactive ketones (excluding diaryl/α,β-unsaturated/α-hetero) is 1. The summed E-state index contributed by atoms with van der Waals surface area (Å²) in [6.45, 7) is 5.61. The Bertz CT molecular complexity index is 1190. The van der Waals surface area contributed by atoms with Crippen molar-refractivity contribution in [3.63, 3.8) is 0 Å². The summed E-state index contributed by atoms with van der Waals surface area (Å²) in [7, 11) is 0. The summed E-state index contributed by atoms with van der Waals surface area (Å²) in [6.07, 6.45) is 0.810. The quantitative estimate of drug-likeness (QED) is 0.343. The van der Waals surface area contributed by atoms with E-state index in [4.69, 9.17) is 5.73 Å². The van der Waals surface area contributed by atoms with Crippen molar-refractivity contribution in [3.05, 3.63) is 82.1 Å². The second-order valence-corrected chi connectivity index (χ2v) is 9.56. The summed E-state index contributed by atoms with van der Waals surface area (Å²) in [5.41, 5.74) is 9.50. The average Bonchev–Trinajstić information content (AvgIpc) is 2.83. The Morgan fingerprint density at radius 2 is 1.73 bits per heavy atom. The molecule has 1 aliphatic heterocycles. The fraction of sp³-hybridized carbons (Fsp3) is 0.393. The van der Waals surface area contributed by atoms with Crippen molar-refractivity contribution in [2.75, 3.05) is 6.54 Å². The van der Waals surface area contributed by atoms with Crippen LogP contribution in [0.25, 0.3) is 0 Å². The Morgan fingerprint density at radius 3 is 2.35 bits per heavy atom. The molecule has 0 spiro atoms. The summed E-state index contributed by atoms with van der Waals surface area (Å²) < 4.78 is 27.6. The van der Waals surface area contributed by atoms with Crippen LogP contribution in [0.15, 0.2) is 53.7 Å². The molecule has 1 heterocycles. The molecule has 0 aliphatic carbocycles. The molecule has 7 nitrogen and oxygen atoms in total. The van der Waals surface area contributed by atoms with Crippen molar-refractivity contribution >= 4 is 17.7 Å². The highest BCUT2D eigenvalue weighted by molar-refractivity contribution is 6.14. The first kappa shape index (κ1) is 28.1. The zero-order valence-corrected chi connectivity index (χ0v) is 21.2. The Labute approximate surface area is 215 Å². The van der Waals surface area contributed by atoms with E-state index in [0.29, 0.717) is 12.2 Å². The van der Waals surface area contributed by atoms with E-state index in [1.165, 1.54) is 6.92 Å². The SMILES string of the molecule is CCc1cccc(CNC[C@H](C(N)Cc2cc(F)cc(F)c2)[C@H](C(=O)O)C2C(=O)NC(C)=C(C)C2=O)c1. The van der Waals surface area contributed by atoms with Gasteiger partial charge in [-0.2, -0.15) is 0 Å². The molecule has 0 bridgehead atoms. The summed E-state index contributed by atoms with van der Waals surface area (Å²) in [4.78, 5) is 38.5. The number of rotatable bonds is 11. The van der Waals surface area contributed by atoms with Gasteiger partial charge in [0.2, 0.25) is 5.91 Å². The molecule has 1 aliphatic rings. The van der Waals surface area contributed by atoms with E-state index in [1.807, 2.05) is 31.2 Å². The smallest absolute Gasteiger partial charge is 0.308 e. The second kappa shape index (κ2) is 12.2. The molecule has 0 fully saturated rings. The molecule has 1 amide bonds. The lowest BCUT2D eigenvalue weighted by atomic mass is 9.72.